The minimum atomic E-state index is -0.731. The molecule has 0 aromatic heterocycles. The largest absolute Gasteiger partial charge is 0.487 e. The molecule has 1 fully saturated rings. The van der Waals surface area contributed by atoms with E-state index in [1.165, 1.54) is 0 Å². The second-order valence-corrected chi connectivity index (χ2v) is 5.57. The fourth-order valence-electron chi connectivity index (χ4n) is 3.33. The second kappa shape index (κ2) is 4.85. The fourth-order valence-corrected chi connectivity index (χ4v) is 3.33. The molecule has 0 aliphatic carbocycles. The van der Waals surface area contributed by atoms with Gasteiger partial charge in [0.2, 0.25) is 0 Å². The van der Waals surface area contributed by atoms with Gasteiger partial charge in [-0.2, -0.15) is 0 Å². The fraction of sp³-hybridized carbons (Fsp3) is 0.533. The Kier molecular flexibility index (Phi) is 3.19. The van der Waals surface area contributed by atoms with Crippen molar-refractivity contribution < 1.29 is 14.6 Å². The molecule has 0 radical (unpaired) electrons. The van der Waals surface area contributed by atoms with Crippen LogP contribution in [0.2, 0.25) is 0 Å². The van der Waals surface area contributed by atoms with Crippen LogP contribution in [0.3, 0.4) is 0 Å². The van der Waals surface area contributed by atoms with E-state index in [1.807, 2.05) is 24.3 Å². The van der Waals surface area contributed by atoms with Gasteiger partial charge in [0.25, 0.3) is 0 Å². The molecule has 1 aromatic rings. The van der Waals surface area contributed by atoms with Crippen LogP contribution in [0.5, 0.6) is 5.75 Å². The van der Waals surface area contributed by atoms with E-state index < -0.39 is 5.97 Å². The molecule has 0 unspecified atom stereocenters. The molecule has 0 amide bonds. The molecule has 4 heteroatoms. The average molecular weight is 261 g/mol. The summed E-state index contributed by atoms with van der Waals surface area (Å²) in [5.74, 6) is 0.216. The highest BCUT2D eigenvalue weighted by atomic mass is 16.5. The van der Waals surface area contributed by atoms with Gasteiger partial charge < -0.3 is 15.2 Å². The summed E-state index contributed by atoms with van der Waals surface area (Å²) >= 11 is 0. The first-order valence-corrected chi connectivity index (χ1v) is 6.89. The molecule has 1 aromatic carbocycles. The second-order valence-electron chi connectivity index (χ2n) is 5.57. The first kappa shape index (κ1) is 12.5. The standard InChI is InChI=1S/C15H19NO3/c17-14(18)9-11-10-15(5-7-16-8-6-15)19-13-4-2-1-3-12(11)13/h1-4,11,16H,5-10H2,(H,17,18)/t11-/m1/s1. The summed E-state index contributed by atoms with van der Waals surface area (Å²) < 4.78 is 6.24. The number of fused-ring (bicyclic) bond motifs is 1. The summed E-state index contributed by atoms with van der Waals surface area (Å²) in [4.78, 5) is 11.1. The van der Waals surface area contributed by atoms with Gasteiger partial charge in [-0.3, -0.25) is 4.79 Å². The summed E-state index contributed by atoms with van der Waals surface area (Å²) in [5.41, 5.74) is 0.883. The number of hydrogen-bond acceptors (Lipinski definition) is 3. The molecule has 4 nitrogen and oxygen atoms in total. The quantitative estimate of drug-likeness (QED) is 0.856. The third-order valence-electron chi connectivity index (χ3n) is 4.24. The molecule has 19 heavy (non-hydrogen) atoms. The number of aliphatic carboxylic acids is 1. The zero-order valence-corrected chi connectivity index (χ0v) is 10.9. The number of rotatable bonds is 2. The predicted molar refractivity (Wildman–Crippen MR) is 71.5 cm³/mol. The van der Waals surface area contributed by atoms with E-state index in [-0.39, 0.29) is 17.9 Å². The van der Waals surface area contributed by atoms with Crippen molar-refractivity contribution >= 4 is 5.97 Å². The molecule has 1 spiro atoms. The SMILES string of the molecule is O=C(O)C[C@@H]1CC2(CCNCC2)Oc2ccccc21. The van der Waals surface area contributed by atoms with Gasteiger partial charge in [0.1, 0.15) is 11.4 Å². The number of carboxylic acid groups (broad SMARTS) is 1. The molecule has 0 saturated carbocycles. The van der Waals surface area contributed by atoms with E-state index in [2.05, 4.69) is 5.32 Å². The predicted octanol–water partition coefficient (Wildman–Crippen LogP) is 2.15. The Morgan fingerprint density at radius 3 is 2.84 bits per heavy atom. The highest BCUT2D eigenvalue weighted by molar-refractivity contribution is 5.68. The monoisotopic (exact) mass is 261 g/mol. The molecule has 0 bridgehead atoms. The summed E-state index contributed by atoms with van der Waals surface area (Å²) in [6.45, 7) is 1.89. The Morgan fingerprint density at radius 1 is 1.37 bits per heavy atom. The van der Waals surface area contributed by atoms with Gasteiger partial charge >= 0.3 is 5.97 Å². The van der Waals surface area contributed by atoms with Crippen LogP contribution in [-0.4, -0.2) is 29.8 Å². The Bertz CT molecular complexity index is 480. The minimum Gasteiger partial charge on any atom is -0.487 e. The van der Waals surface area contributed by atoms with Crippen molar-refractivity contribution in [3.63, 3.8) is 0 Å². The molecule has 2 N–H and O–H groups in total. The Hall–Kier alpha value is -1.55. The maximum absolute atomic E-state index is 11.1. The van der Waals surface area contributed by atoms with Crippen LogP contribution in [0.15, 0.2) is 24.3 Å². The number of para-hydroxylation sites is 1. The van der Waals surface area contributed by atoms with Crippen LogP contribution < -0.4 is 10.1 Å². The van der Waals surface area contributed by atoms with Crippen molar-refractivity contribution in [3.05, 3.63) is 29.8 Å². The first-order chi connectivity index (χ1) is 9.19. The summed E-state index contributed by atoms with van der Waals surface area (Å²) in [7, 11) is 0. The third-order valence-corrected chi connectivity index (χ3v) is 4.24. The zero-order chi connectivity index (χ0) is 13.3. The van der Waals surface area contributed by atoms with E-state index in [0.717, 1.165) is 43.7 Å². The number of carboxylic acids is 1. The van der Waals surface area contributed by atoms with Crippen LogP contribution in [0.25, 0.3) is 0 Å². The van der Waals surface area contributed by atoms with Gasteiger partial charge in [0.15, 0.2) is 0 Å². The van der Waals surface area contributed by atoms with Crippen molar-refractivity contribution in [2.24, 2.45) is 0 Å². The number of piperidine rings is 1. The van der Waals surface area contributed by atoms with Crippen molar-refractivity contribution in [2.75, 3.05) is 13.1 Å². The van der Waals surface area contributed by atoms with Crippen LogP contribution in [0, 0.1) is 0 Å². The zero-order valence-electron chi connectivity index (χ0n) is 10.9. The van der Waals surface area contributed by atoms with Crippen molar-refractivity contribution in [3.8, 4) is 5.75 Å². The first-order valence-electron chi connectivity index (χ1n) is 6.89. The highest BCUT2D eigenvalue weighted by Crippen LogP contribution is 2.45. The molecule has 2 heterocycles. The van der Waals surface area contributed by atoms with E-state index in [9.17, 15) is 4.79 Å². The molecule has 2 aliphatic rings. The molecular weight excluding hydrogens is 242 g/mol. The van der Waals surface area contributed by atoms with Crippen molar-refractivity contribution in [1.29, 1.82) is 0 Å². The smallest absolute Gasteiger partial charge is 0.303 e. The molecule has 3 rings (SSSR count). The van der Waals surface area contributed by atoms with E-state index in [1.54, 1.807) is 0 Å². The lowest BCUT2D eigenvalue weighted by Gasteiger charge is -2.44. The van der Waals surface area contributed by atoms with Gasteiger partial charge in [-0.05, 0) is 44.0 Å². The number of nitrogens with one attached hydrogen (secondary N) is 1. The average Bonchev–Trinajstić information content (AvgIpc) is 2.39. The lowest BCUT2D eigenvalue weighted by Crippen LogP contribution is -2.49. The van der Waals surface area contributed by atoms with E-state index in [0.29, 0.717) is 0 Å². The van der Waals surface area contributed by atoms with Gasteiger partial charge in [-0.15, -0.1) is 0 Å². The Labute approximate surface area is 112 Å². The number of benzene rings is 1. The maximum atomic E-state index is 11.1. The molecule has 1 atom stereocenters. The number of hydrogen-bond donors (Lipinski definition) is 2. The van der Waals surface area contributed by atoms with Gasteiger partial charge in [0, 0.05) is 5.92 Å². The van der Waals surface area contributed by atoms with Crippen molar-refractivity contribution in [1.82, 2.24) is 5.32 Å². The van der Waals surface area contributed by atoms with Crippen LogP contribution >= 0.6 is 0 Å². The molecular formula is C15H19NO3. The summed E-state index contributed by atoms with van der Waals surface area (Å²) in [5, 5.41) is 12.5. The number of carbonyl (C=O) groups is 1. The number of ether oxygens (including phenoxy) is 1. The van der Waals surface area contributed by atoms with Crippen molar-refractivity contribution in [2.45, 2.75) is 37.2 Å². The van der Waals surface area contributed by atoms with E-state index in [4.69, 9.17) is 9.84 Å². The van der Waals surface area contributed by atoms with Gasteiger partial charge in [-0.25, -0.2) is 0 Å². The topological polar surface area (TPSA) is 58.6 Å². The van der Waals surface area contributed by atoms with Gasteiger partial charge in [0.05, 0.1) is 6.42 Å². The normalized spacial score (nSPS) is 24.5. The highest BCUT2D eigenvalue weighted by Gasteiger charge is 2.42. The molecule has 2 aliphatic heterocycles. The van der Waals surface area contributed by atoms with Crippen LogP contribution in [0.4, 0.5) is 0 Å². The van der Waals surface area contributed by atoms with Crippen LogP contribution in [0.1, 0.15) is 37.2 Å². The van der Waals surface area contributed by atoms with Crippen LogP contribution in [-0.2, 0) is 4.79 Å². The lowest BCUT2D eigenvalue weighted by molar-refractivity contribution is -0.138. The maximum Gasteiger partial charge on any atom is 0.303 e. The Morgan fingerprint density at radius 2 is 2.11 bits per heavy atom. The van der Waals surface area contributed by atoms with Gasteiger partial charge in [-0.1, -0.05) is 18.2 Å². The summed E-state index contributed by atoms with van der Waals surface area (Å²) in [6, 6.07) is 7.87. The minimum absolute atomic E-state index is 0.0700. The third kappa shape index (κ3) is 2.45. The summed E-state index contributed by atoms with van der Waals surface area (Å²) in [6.07, 6.45) is 2.92. The van der Waals surface area contributed by atoms with E-state index >= 15 is 0 Å². The molecule has 102 valence electrons. The molecule has 1 saturated heterocycles. The lowest BCUT2D eigenvalue weighted by atomic mass is 9.76. The Balaban J connectivity index is 1.93.